The second-order valence-electron chi connectivity index (χ2n) is 6.08. The van der Waals surface area contributed by atoms with Gasteiger partial charge in [-0.3, -0.25) is 0 Å². The van der Waals surface area contributed by atoms with E-state index in [4.69, 9.17) is 14.2 Å². The fraction of sp³-hybridized carbons (Fsp3) is 1.00. The SMILES string of the molecule is OCC1(CS)CC(O)C(O)[C@H](O[C@@H]2OC(CS)[C@@H](O)C(O)C2O)O1. The van der Waals surface area contributed by atoms with Crippen molar-refractivity contribution in [3.63, 3.8) is 0 Å². The summed E-state index contributed by atoms with van der Waals surface area (Å²) < 4.78 is 16.2. The zero-order valence-corrected chi connectivity index (χ0v) is 14.5. The molecule has 0 spiro atoms. The zero-order valence-electron chi connectivity index (χ0n) is 12.7. The molecule has 24 heavy (non-hydrogen) atoms. The summed E-state index contributed by atoms with van der Waals surface area (Å²) in [7, 11) is 0. The quantitative estimate of drug-likeness (QED) is 0.229. The van der Waals surface area contributed by atoms with Crippen LogP contribution in [0.1, 0.15) is 6.42 Å². The first-order valence-electron chi connectivity index (χ1n) is 7.50. The van der Waals surface area contributed by atoms with Crippen molar-refractivity contribution >= 4 is 25.3 Å². The van der Waals surface area contributed by atoms with Crippen molar-refractivity contribution < 1.29 is 44.8 Å². The maximum atomic E-state index is 10.0. The van der Waals surface area contributed by atoms with Gasteiger partial charge in [0.1, 0.15) is 30.0 Å². The Morgan fingerprint density at radius 1 is 0.958 bits per heavy atom. The molecule has 0 aromatic rings. The summed E-state index contributed by atoms with van der Waals surface area (Å²) in [6.45, 7) is -0.463. The molecule has 2 aliphatic heterocycles. The van der Waals surface area contributed by atoms with Crippen molar-refractivity contribution in [2.24, 2.45) is 0 Å². The Morgan fingerprint density at radius 2 is 1.62 bits per heavy atom. The first-order valence-corrected chi connectivity index (χ1v) is 8.76. The summed E-state index contributed by atoms with van der Waals surface area (Å²) in [5, 5.41) is 59.2. The largest absolute Gasteiger partial charge is 0.393 e. The van der Waals surface area contributed by atoms with Gasteiger partial charge in [0.2, 0.25) is 0 Å². The number of ether oxygens (including phenoxy) is 3. The predicted octanol–water partition coefficient (Wildman–Crippen LogP) is -3.13. The highest BCUT2D eigenvalue weighted by Crippen LogP contribution is 2.33. The molecule has 0 radical (unpaired) electrons. The van der Waals surface area contributed by atoms with Crippen molar-refractivity contribution in [2.45, 2.75) is 61.2 Å². The minimum atomic E-state index is -1.61. The lowest BCUT2D eigenvalue weighted by molar-refractivity contribution is -0.374. The standard InChI is InChI=1S/C13H24O9S2/c14-3-13(4-24)1-5(15)7(16)12(22-13)21-11-10(19)9(18)8(17)6(2-23)20-11/h5-12,14-19,23-24H,1-4H2/t5?,6?,7?,8-,9?,10?,11+,12-,13?/m1/s1. The van der Waals surface area contributed by atoms with E-state index in [1.807, 2.05) is 0 Å². The molecule has 0 bridgehead atoms. The maximum absolute atomic E-state index is 10.0. The van der Waals surface area contributed by atoms with Crippen LogP contribution in [0.2, 0.25) is 0 Å². The molecule has 2 aliphatic rings. The van der Waals surface area contributed by atoms with Gasteiger partial charge in [-0.05, 0) is 0 Å². The second-order valence-corrected chi connectivity index (χ2v) is 6.76. The van der Waals surface area contributed by atoms with Crippen LogP contribution in [-0.2, 0) is 14.2 Å². The second kappa shape index (κ2) is 8.35. The molecule has 0 amide bonds. The average Bonchev–Trinajstić information content (AvgIpc) is 2.59. The molecule has 11 heteroatoms. The molecule has 0 saturated carbocycles. The average molecular weight is 388 g/mol. The number of hydrogen-bond donors (Lipinski definition) is 8. The molecule has 2 saturated heterocycles. The first-order chi connectivity index (χ1) is 11.3. The van der Waals surface area contributed by atoms with Gasteiger partial charge in [-0.1, -0.05) is 0 Å². The number of hydrogen-bond acceptors (Lipinski definition) is 11. The lowest BCUT2D eigenvalue weighted by Crippen LogP contribution is -2.63. The monoisotopic (exact) mass is 388 g/mol. The summed E-state index contributed by atoms with van der Waals surface area (Å²) in [4.78, 5) is 0. The number of aliphatic hydroxyl groups excluding tert-OH is 6. The minimum Gasteiger partial charge on any atom is -0.393 e. The van der Waals surface area contributed by atoms with Crippen LogP contribution >= 0.6 is 25.3 Å². The number of rotatable bonds is 5. The van der Waals surface area contributed by atoms with Gasteiger partial charge in [-0.25, -0.2) is 0 Å². The van der Waals surface area contributed by atoms with Gasteiger partial charge in [0, 0.05) is 17.9 Å². The van der Waals surface area contributed by atoms with Crippen molar-refractivity contribution in [3.8, 4) is 0 Å². The Kier molecular flexibility index (Phi) is 7.19. The first kappa shape index (κ1) is 20.6. The van der Waals surface area contributed by atoms with E-state index >= 15 is 0 Å². The van der Waals surface area contributed by atoms with Crippen LogP contribution in [-0.4, -0.2) is 104 Å². The van der Waals surface area contributed by atoms with Crippen LogP contribution < -0.4 is 0 Å². The lowest BCUT2D eigenvalue weighted by atomic mass is 9.92. The topological polar surface area (TPSA) is 149 Å². The van der Waals surface area contributed by atoms with Gasteiger partial charge in [-0.2, -0.15) is 25.3 Å². The van der Waals surface area contributed by atoms with Gasteiger partial charge in [-0.15, -0.1) is 0 Å². The minimum absolute atomic E-state index is 0.0529. The van der Waals surface area contributed by atoms with Crippen LogP contribution in [0.4, 0.5) is 0 Å². The third-order valence-electron chi connectivity index (χ3n) is 4.31. The molecule has 0 aliphatic carbocycles. The summed E-state index contributed by atoms with van der Waals surface area (Å²) in [5.41, 5.74) is -1.23. The summed E-state index contributed by atoms with van der Waals surface area (Å²) in [5.74, 6) is 0.112. The van der Waals surface area contributed by atoms with Crippen LogP contribution in [0.25, 0.3) is 0 Å². The van der Waals surface area contributed by atoms with Crippen LogP contribution in [0.5, 0.6) is 0 Å². The third-order valence-corrected chi connectivity index (χ3v) is 5.25. The normalized spacial score (nSPS) is 50.0. The smallest absolute Gasteiger partial charge is 0.189 e. The number of aliphatic hydroxyl groups is 6. The summed E-state index contributed by atoms with van der Waals surface area (Å²) in [6.07, 6.45) is -11.0. The van der Waals surface area contributed by atoms with E-state index < -0.39 is 61.4 Å². The highest BCUT2D eigenvalue weighted by atomic mass is 32.1. The molecule has 0 aromatic heterocycles. The molecule has 6 unspecified atom stereocenters. The van der Waals surface area contributed by atoms with E-state index in [0.29, 0.717) is 0 Å². The van der Waals surface area contributed by atoms with Crippen LogP contribution in [0.15, 0.2) is 0 Å². The molecule has 9 atom stereocenters. The Hall–Kier alpha value is 0.340. The zero-order chi connectivity index (χ0) is 18.1. The highest BCUT2D eigenvalue weighted by molar-refractivity contribution is 7.80. The van der Waals surface area contributed by atoms with Gasteiger partial charge in [0.15, 0.2) is 12.6 Å². The van der Waals surface area contributed by atoms with E-state index in [-0.39, 0.29) is 17.9 Å². The summed E-state index contributed by atoms with van der Waals surface area (Å²) in [6, 6.07) is 0. The van der Waals surface area contributed by atoms with Crippen molar-refractivity contribution in [1.29, 1.82) is 0 Å². The molecule has 0 aromatic carbocycles. The van der Waals surface area contributed by atoms with Gasteiger partial charge in [0.05, 0.1) is 18.8 Å². The number of thiol groups is 2. The van der Waals surface area contributed by atoms with E-state index in [1.54, 1.807) is 0 Å². The summed E-state index contributed by atoms with van der Waals surface area (Å²) >= 11 is 8.07. The molecule has 142 valence electrons. The molecule has 9 nitrogen and oxygen atoms in total. The van der Waals surface area contributed by atoms with Gasteiger partial charge >= 0.3 is 0 Å². The van der Waals surface area contributed by atoms with E-state index in [9.17, 15) is 30.6 Å². The highest BCUT2D eigenvalue weighted by Gasteiger charge is 2.50. The Labute approximate surface area is 150 Å². The van der Waals surface area contributed by atoms with E-state index in [1.165, 1.54) is 0 Å². The lowest BCUT2D eigenvalue weighted by Gasteiger charge is -2.46. The van der Waals surface area contributed by atoms with Crippen molar-refractivity contribution in [2.75, 3.05) is 18.1 Å². The van der Waals surface area contributed by atoms with Crippen LogP contribution in [0, 0.1) is 0 Å². The molecule has 2 fully saturated rings. The van der Waals surface area contributed by atoms with Crippen LogP contribution in [0.3, 0.4) is 0 Å². The maximum Gasteiger partial charge on any atom is 0.189 e. The van der Waals surface area contributed by atoms with Gasteiger partial charge < -0.3 is 44.8 Å². The van der Waals surface area contributed by atoms with Gasteiger partial charge in [0.25, 0.3) is 0 Å². The fourth-order valence-electron chi connectivity index (χ4n) is 2.72. The Morgan fingerprint density at radius 3 is 2.17 bits per heavy atom. The third kappa shape index (κ3) is 4.01. The Bertz CT molecular complexity index is 409. The molecular formula is C13H24O9S2. The van der Waals surface area contributed by atoms with E-state index in [2.05, 4.69) is 25.3 Å². The van der Waals surface area contributed by atoms with Crippen molar-refractivity contribution in [1.82, 2.24) is 0 Å². The molecular weight excluding hydrogens is 364 g/mol. The van der Waals surface area contributed by atoms with E-state index in [0.717, 1.165) is 0 Å². The van der Waals surface area contributed by atoms with Crippen molar-refractivity contribution in [3.05, 3.63) is 0 Å². The molecule has 2 rings (SSSR count). The predicted molar refractivity (Wildman–Crippen MR) is 86.8 cm³/mol. The fourth-order valence-corrected chi connectivity index (χ4v) is 3.33. The molecule has 2 heterocycles. The molecule has 6 N–H and O–H groups in total. The Balaban J connectivity index is 2.12.